The SMILES string of the molecule is C[C@H](O)CO[C@H]1/C=C\C[C@H](C)[C@@H](C)S(=O)(=O)NC(=O)c2ccc3c(c2)N(C[C@@H]2CC[C@H]21)C[C@@]1(CCCc2cc(Cl)ccc21)CO3. The number of fused-ring (bicyclic) bond motifs is 4. The molecule has 244 valence electrons. The summed E-state index contributed by atoms with van der Waals surface area (Å²) in [4.78, 5) is 15.8. The zero-order chi connectivity index (χ0) is 31.9. The molecule has 2 bridgehead atoms. The van der Waals surface area contributed by atoms with E-state index in [1.165, 1.54) is 11.1 Å². The first kappa shape index (κ1) is 32.4. The van der Waals surface area contributed by atoms with Crippen molar-refractivity contribution >= 4 is 33.2 Å². The number of aliphatic hydroxyl groups excluding tert-OH is 1. The van der Waals surface area contributed by atoms with Crippen molar-refractivity contribution in [1.82, 2.24) is 4.72 Å². The van der Waals surface area contributed by atoms with E-state index >= 15 is 0 Å². The van der Waals surface area contributed by atoms with Crippen LogP contribution in [-0.4, -0.2) is 63.2 Å². The summed E-state index contributed by atoms with van der Waals surface area (Å²) in [7, 11) is -3.93. The van der Waals surface area contributed by atoms with E-state index in [9.17, 15) is 18.3 Å². The second-order valence-corrected chi connectivity index (χ2v) is 16.2. The van der Waals surface area contributed by atoms with E-state index in [4.69, 9.17) is 21.1 Å². The maximum absolute atomic E-state index is 13.4. The van der Waals surface area contributed by atoms with Crippen molar-refractivity contribution in [3.05, 3.63) is 70.3 Å². The average Bonchev–Trinajstić information content (AvgIpc) is 3.13. The number of nitrogens with one attached hydrogen (secondary N) is 1. The minimum Gasteiger partial charge on any atom is -0.490 e. The van der Waals surface area contributed by atoms with Crippen LogP contribution in [0.25, 0.3) is 0 Å². The lowest BCUT2D eigenvalue weighted by Crippen LogP contribution is -2.50. The van der Waals surface area contributed by atoms with Crippen LogP contribution in [0.5, 0.6) is 5.75 Å². The van der Waals surface area contributed by atoms with Crippen LogP contribution in [0.15, 0.2) is 48.6 Å². The minimum atomic E-state index is -3.93. The molecule has 0 radical (unpaired) electrons. The van der Waals surface area contributed by atoms with Crippen LogP contribution in [0.2, 0.25) is 5.02 Å². The molecule has 0 unspecified atom stereocenters. The number of hydrogen-bond acceptors (Lipinski definition) is 7. The quantitative estimate of drug-likeness (QED) is 0.412. The average molecular weight is 657 g/mol. The lowest BCUT2D eigenvalue weighted by Gasteiger charge is -2.46. The first-order valence-electron chi connectivity index (χ1n) is 16.3. The fraction of sp³-hybridized carbons (Fsp3) is 0.571. The summed E-state index contributed by atoms with van der Waals surface area (Å²) in [6.07, 6.45) is 8.82. The number of hydrogen-bond donors (Lipinski definition) is 2. The molecule has 4 aliphatic rings. The summed E-state index contributed by atoms with van der Waals surface area (Å²) in [6, 6.07) is 11.4. The van der Waals surface area contributed by atoms with E-state index in [0.717, 1.165) is 49.4 Å². The van der Waals surface area contributed by atoms with Crippen molar-refractivity contribution < 1.29 is 27.8 Å². The fourth-order valence-corrected chi connectivity index (χ4v) is 9.05. The second-order valence-electron chi connectivity index (χ2n) is 13.8. The summed E-state index contributed by atoms with van der Waals surface area (Å²) in [5, 5.41) is 9.98. The topological polar surface area (TPSA) is 105 Å². The van der Waals surface area contributed by atoms with Crippen LogP contribution in [0.3, 0.4) is 0 Å². The summed E-state index contributed by atoms with van der Waals surface area (Å²) < 4.78 is 41.8. The third kappa shape index (κ3) is 6.64. The zero-order valence-electron chi connectivity index (χ0n) is 26.4. The highest BCUT2D eigenvalue weighted by atomic mass is 35.5. The number of sulfonamides is 1. The molecule has 0 aromatic heterocycles. The predicted octanol–water partition coefficient (Wildman–Crippen LogP) is 5.65. The van der Waals surface area contributed by atoms with Crippen molar-refractivity contribution in [3.8, 4) is 5.75 Å². The zero-order valence-corrected chi connectivity index (χ0v) is 27.9. The highest BCUT2D eigenvalue weighted by Crippen LogP contribution is 2.47. The van der Waals surface area contributed by atoms with E-state index in [-0.39, 0.29) is 35.5 Å². The number of carbonyl (C=O) groups is 1. The van der Waals surface area contributed by atoms with Gasteiger partial charge in [-0.2, -0.15) is 0 Å². The molecule has 2 aromatic carbocycles. The molecule has 0 saturated heterocycles. The molecule has 10 heteroatoms. The Bertz CT molecular complexity index is 1560. The Morgan fingerprint density at radius 1 is 1.20 bits per heavy atom. The van der Waals surface area contributed by atoms with Crippen LogP contribution in [0.4, 0.5) is 5.69 Å². The Labute approximate surface area is 272 Å². The van der Waals surface area contributed by atoms with Crippen LogP contribution in [0.1, 0.15) is 74.4 Å². The number of benzene rings is 2. The number of nitrogens with zero attached hydrogens (tertiary/aromatic N) is 1. The number of allylic oxidation sites excluding steroid dienone is 1. The van der Waals surface area contributed by atoms with E-state index in [1.807, 2.05) is 19.1 Å². The smallest absolute Gasteiger partial charge is 0.264 e. The molecule has 2 aromatic rings. The molecule has 2 heterocycles. The van der Waals surface area contributed by atoms with Gasteiger partial charge in [0.25, 0.3) is 5.91 Å². The Kier molecular flexibility index (Phi) is 9.27. The largest absolute Gasteiger partial charge is 0.490 e. The first-order valence-corrected chi connectivity index (χ1v) is 18.2. The Balaban J connectivity index is 1.42. The van der Waals surface area contributed by atoms with E-state index in [1.54, 1.807) is 32.0 Å². The molecule has 1 fully saturated rings. The van der Waals surface area contributed by atoms with Crippen LogP contribution in [-0.2, 0) is 26.6 Å². The van der Waals surface area contributed by atoms with Gasteiger partial charge in [0.15, 0.2) is 0 Å². The van der Waals surface area contributed by atoms with Gasteiger partial charge in [-0.25, -0.2) is 13.1 Å². The van der Waals surface area contributed by atoms with Gasteiger partial charge in [-0.15, -0.1) is 0 Å². The van der Waals surface area contributed by atoms with E-state index in [2.05, 4.69) is 27.8 Å². The standard InChI is InChI=1S/C35H45ClN2O6S/c1-22-6-4-8-32(43-19-23(2)39)29-12-9-27(29)18-38-20-35(15-5-7-25-16-28(36)11-13-30(25)35)21-44-33-14-10-26(17-31(33)38)34(40)37-45(41,42)24(22)3/h4,8,10-11,13-14,16-17,22-24,27,29,32,39H,5-7,9,12,15,18-21H2,1-3H3,(H,37,40)/b8-4-/t22-,23-,24+,27-,29+,32-,35-/m0/s1. The monoisotopic (exact) mass is 656 g/mol. The van der Waals surface area contributed by atoms with Crippen molar-refractivity contribution in [3.63, 3.8) is 0 Å². The fourth-order valence-electron chi connectivity index (χ4n) is 7.57. The maximum Gasteiger partial charge on any atom is 0.264 e. The highest BCUT2D eigenvalue weighted by molar-refractivity contribution is 7.90. The molecule has 1 saturated carbocycles. The third-order valence-electron chi connectivity index (χ3n) is 10.5. The normalized spacial score (nSPS) is 32.6. The highest BCUT2D eigenvalue weighted by Gasteiger charge is 2.44. The van der Waals surface area contributed by atoms with Crippen molar-refractivity contribution in [2.24, 2.45) is 17.8 Å². The van der Waals surface area contributed by atoms with Crippen LogP contribution < -0.4 is 14.4 Å². The molecular weight excluding hydrogens is 612 g/mol. The lowest BCUT2D eigenvalue weighted by molar-refractivity contribution is -0.0437. The van der Waals surface area contributed by atoms with Gasteiger partial charge in [0, 0.05) is 29.1 Å². The predicted molar refractivity (Wildman–Crippen MR) is 177 cm³/mol. The van der Waals surface area contributed by atoms with Gasteiger partial charge >= 0.3 is 0 Å². The maximum atomic E-state index is 13.4. The molecule has 6 rings (SSSR count). The molecule has 7 atom stereocenters. The van der Waals surface area contributed by atoms with Crippen molar-refractivity contribution in [2.75, 3.05) is 31.2 Å². The summed E-state index contributed by atoms with van der Waals surface area (Å²) in [6.45, 7) is 7.41. The molecule has 1 amide bonds. The number of anilines is 1. The van der Waals surface area contributed by atoms with Gasteiger partial charge in [-0.05, 0) is 112 Å². The molecule has 8 nitrogen and oxygen atoms in total. The molecule has 2 aliphatic carbocycles. The van der Waals surface area contributed by atoms with Crippen molar-refractivity contribution in [2.45, 2.75) is 82.2 Å². The van der Waals surface area contributed by atoms with Gasteiger partial charge in [-0.1, -0.05) is 36.7 Å². The first-order chi connectivity index (χ1) is 21.5. The number of aliphatic hydroxyl groups is 1. The van der Waals surface area contributed by atoms with Crippen molar-refractivity contribution in [1.29, 1.82) is 0 Å². The van der Waals surface area contributed by atoms with Crippen LogP contribution in [0, 0.1) is 17.8 Å². The third-order valence-corrected chi connectivity index (χ3v) is 12.7. The summed E-state index contributed by atoms with van der Waals surface area (Å²) in [5.41, 5.74) is 3.33. The number of ether oxygens (including phenoxy) is 2. The second kappa shape index (κ2) is 12.9. The number of carbonyl (C=O) groups excluding carboxylic acids is 1. The van der Waals surface area contributed by atoms with Gasteiger partial charge in [-0.3, -0.25) is 4.79 Å². The van der Waals surface area contributed by atoms with E-state index < -0.39 is 27.3 Å². The van der Waals surface area contributed by atoms with Gasteiger partial charge < -0.3 is 19.5 Å². The minimum absolute atomic E-state index is 0.189. The van der Waals surface area contributed by atoms with Gasteiger partial charge in [0.2, 0.25) is 10.0 Å². The molecule has 2 N–H and O–H groups in total. The molecular formula is C35H45ClN2O6S. The number of amides is 1. The number of aryl methyl sites for hydroxylation is 1. The van der Waals surface area contributed by atoms with Crippen LogP contribution >= 0.6 is 11.6 Å². The molecule has 45 heavy (non-hydrogen) atoms. The Hall–Kier alpha value is -2.59. The molecule has 2 aliphatic heterocycles. The molecule has 1 spiro atoms. The number of rotatable bonds is 3. The summed E-state index contributed by atoms with van der Waals surface area (Å²) in [5.74, 6) is 0.399. The van der Waals surface area contributed by atoms with Gasteiger partial charge in [0.1, 0.15) is 5.75 Å². The van der Waals surface area contributed by atoms with E-state index in [0.29, 0.717) is 31.2 Å². The number of halogens is 1. The lowest BCUT2D eigenvalue weighted by atomic mass is 9.68. The summed E-state index contributed by atoms with van der Waals surface area (Å²) >= 11 is 6.42. The van der Waals surface area contributed by atoms with Gasteiger partial charge in [0.05, 0.1) is 36.4 Å². The Morgan fingerprint density at radius 2 is 2.02 bits per heavy atom. The Morgan fingerprint density at radius 3 is 2.78 bits per heavy atom.